The predicted octanol–water partition coefficient (Wildman–Crippen LogP) is 2.16. The van der Waals surface area contributed by atoms with Crippen molar-refractivity contribution in [2.45, 2.75) is 80.8 Å². The molecule has 1 unspecified atom stereocenters. The van der Waals surface area contributed by atoms with Crippen molar-refractivity contribution in [2.24, 2.45) is 5.92 Å². The number of benzene rings is 2. The van der Waals surface area contributed by atoms with Crippen molar-refractivity contribution in [1.82, 2.24) is 41.5 Å². The van der Waals surface area contributed by atoms with Gasteiger partial charge in [-0.2, -0.15) is 5.26 Å². The zero-order chi connectivity index (χ0) is 32.1. The number of hydrogen-bond acceptors (Lipinski definition) is 8. The van der Waals surface area contributed by atoms with Crippen LogP contribution < -0.4 is 16.0 Å². The van der Waals surface area contributed by atoms with Crippen molar-refractivity contribution in [3.05, 3.63) is 75.6 Å². The van der Waals surface area contributed by atoms with Crippen molar-refractivity contribution >= 4 is 17.7 Å². The van der Waals surface area contributed by atoms with Crippen molar-refractivity contribution in [2.75, 3.05) is 20.6 Å². The summed E-state index contributed by atoms with van der Waals surface area (Å²) in [5.74, 6) is 0.671. The highest BCUT2D eigenvalue weighted by atomic mass is 16.2. The number of amides is 3. The first-order valence-corrected chi connectivity index (χ1v) is 16.2. The van der Waals surface area contributed by atoms with Crippen LogP contribution in [0.2, 0.25) is 0 Å². The molecule has 1 aliphatic heterocycles. The van der Waals surface area contributed by atoms with Gasteiger partial charge in [-0.1, -0.05) is 25.0 Å². The number of piperidine rings is 1. The van der Waals surface area contributed by atoms with Gasteiger partial charge in [0, 0.05) is 36.8 Å². The highest BCUT2D eigenvalue weighted by molar-refractivity contribution is 5.95. The lowest BCUT2D eigenvalue weighted by molar-refractivity contribution is -0.131. The van der Waals surface area contributed by atoms with Crippen LogP contribution in [0.5, 0.6) is 0 Å². The third kappa shape index (κ3) is 4.94. The van der Waals surface area contributed by atoms with Crippen LogP contribution in [0.15, 0.2) is 36.4 Å². The topological polar surface area (TPSA) is 169 Å². The molecule has 3 fully saturated rings. The van der Waals surface area contributed by atoms with Crippen molar-refractivity contribution in [3.63, 3.8) is 0 Å². The fourth-order valence-corrected chi connectivity index (χ4v) is 8.55. The lowest BCUT2D eigenvalue weighted by Crippen LogP contribution is -2.53. The third-order valence-corrected chi connectivity index (χ3v) is 10.8. The second-order valence-electron chi connectivity index (χ2n) is 13.3. The Kier molecular flexibility index (Phi) is 7.59. The maximum Gasteiger partial charge on any atom is 0.251 e. The van der Waals surface area contributed by atoms with Gasteiger partial charge >= 0.3 is 0 Å². The summed E-state index contributed by atoms with van der Waals surface area (Å²) < 4.78 is 0. The largest absolute Gasteiger partial charge is 0.355 e. The van der Waals surface area contributed by atoms with Crippen LogP contribution in [0, 0.1) is 17.2 Å². The van der Waals surface area contributed by atoms with Crippen LogP contribution in [0.3, 0.4) is 0 Å². The number of carbonyl (C=O) groups excluding carboxylic acids is 3. The fourth-order valence-electron chi connectivity index (χ4n) is 8.55. The van der Waals surface area contributed by atoms with E-state index in [0.717, 1.165) is 60.8 Å². The molecule has 2 aromatic carbocycles. The van der Waals surface area contributed by atoms with Crippen LogP contribution in [0.1, 0.15) is 93.7 Å². The number of fused-ring (bicyclic) bond motifs is 3. The minimum absolute atomic E-state index is 0.0229. The molecular weight excluding hydrogens is 582 g/mol. The maximum atomic E-state index is 13.7. The second kappa shape index (κ2) is 11.6. The number of hydrogen-bond donors (Lipinski definition) is 4. The number of aromatic nitrogens is 4. The van der Waals surface area contributed by atoms with E-state index in [1.807, 2.05) is 41.3 Å². The van der Waals surface area contributed by atoms with Crippen molar-refractivity contribution < 1.29 is 14.4 Å². The summed E-state index contributed by atoms with van der Waals surface area (Å²) in [5.41, 5.74) is 3.82. The molecule has 3 aliphatic carbocycles. The highest BCUT2D eigenvalue weighted by Gasteiger charge is 2.55. The van der Waals surface area contributed by atoms with Gasteiger partial charge in [0.25, 0.3) is 11.8 Å². The molecule has 3 aromatic rings. The van der Waals surface area contributed by atoms with Gasteiger partial charge in [0.05, 0.1) is 18.0 Å². The number of H-pyrrole nitrogens is 1. The molecule has 2 saturated carbocycles. The van der Waals surface area contributed by atoms with E-state index in [2.05, 4.69) is 42.6 Å². The minimum atomic E-state index is -0.877. The zero-order valence-corrected chi connectivity index (χ0v) is 26.2. The Balaban J connectivity index is 1.35. The Hall–Kier alpha value is -4.63. The average Bonchev–Trinajstić information content (AvgIpc) is 3.43. The van der Waals surface area contributed by atoms with Crippen LogP contribution >= 0.6 is 0 Å². The third-order valence-electron chi connectivity index (χ3n) is 10.8. The summed E-state index contributed by atoms with van der Waals surface area (Å²) in [6.07, 6.45) is 7.33. The summed E-state index contributed by atoms with van der Waals surface area (Å²) in [5, 5.41) is 34.7. The van der Waals surface area contributed by atoms with Crippen molar-refractivity contribution in [3.8, 4) is 6.07 Å². The Labute approximate surface area is 267 Å². The molecule has 0 radical (unpaired) electrons. The van der Waals surface area contributed by atoms with E-state index in [4.69, 9.17) is 0 Å². The molecule has 46 heavy (non-hydrogen) atoms. The van der Waals surface area contributed by atoms with Gasteiger partial charge < -0.3 is 20.9 Å². The van der Waals surface area contributed by atoms with E-state index >= 15 is 0 Å². The molecule has 4 N–H and O–H groups in total. The summed E-state index contributed by atoms with van der Waals surface area (Å²) in [6, 6.07) is 13.8. The Morgan fingerprint density at radius 3 is 2.15 bits per heavy atom. The van der Waals surface area contributed by atoms with Gasteiger partial charge in [-0.25, -0.2) is 5.10 Å². The number of tetrazole rings is 1. The first kappa shape index (κ1) is 30.0. The lowest BCUT2D eigenvalue weighted by Gasteiger charge is -2.43. The molecule has 12 heteroatoms. The number of nitrogens with one attached hydrogen (secondary N) is 4. The van der Waals surface area contributed by atoms with Gasteiger partial charge in [0.1, 0.15) is 6.04 Å². The molecular formula is C34H39N9O3. The van der Waals surface area contributed by atoms with E-state index in [-0.39, 0.29) is 36.3 Å². The molecule has 4 aliphatic rings. The molecule has 1 saturated heterocycles. The number of aryl methyl sites for hydroxylation is 2. The van der Waals surface area contributed by atoms with E-state index in [9.17, 15) is 19.6 Å². The number of nitrogens with zero attached hydrogens (tertiary/aromatic N) is 5. The summed E-state index contributed by atoms with van der Waals surface area (Å²) in [6.45, 7) is 0.150. The average molecular weight is 622 g/mol. The van der Waals surface area contributed by atoms with Gasteiger partial charge in [-0.3, -0.25) is 14.4 Å². The summed E-state index contributed by atoms with van der Waals surface area (Å²) >= 11 is 0. The molecule has 238 valence electrons. The number of carbonyl (C=O) groups is 3. The molecule has 7 rings (SSSR count). The maximum absolute atomic E-state index is 13.7. The molecule has 0 bridgehead atoms. The van der Waals surface area contributed by atoms with Crippen LogP contribution in [0.25, 0.3) is 0 Å². The Bertz CT molecular complexity index is 1660. The van der Waals surface area contributed by atoms with E-state index < -0.39 is 11.0 Å². The number of aromatic amines is 1. The second-order valence-corrected chi connectivity index (χ2v) is 13.3. The SMILES string of the molecule is CNC(=O)c1ccc2c(c1)CCc1cc(C(=O)NC)ccc1C2(CC1(NCC(=O)N2C(C#N)C[C@@H]3C[C@@H]32)CCCC1)c1nnn[nH]1. The van der Waals surface area contributed by atoms with Gasteiger partial charge in [0.15, 0.2) is 5.82 Å². The molecule has 3 amide bonds. The van der Waals surface area contributed by atoms with Crippen LogP contribution in [0.4, 0.5) is 0 Å². The van der Waals surface area contributed by atoms with Gasteiger partial charge in [-0.15, -0.1) is 5.10 Å². The summed E-state index contributed by atoms with van der Waals surface area (Å²) in [4.78, 5) is 41.0. The Morgan fingerprint density at radius 2 is 1.61 bits per heavy atom. The number of rotatable bonds is 8. The standard InChI is InChI=1S/C34H39N9O3/c1-36-30(45)22-7-9-26-20(13-22)5-6-21-14-23(31(46)37-2)8-10-27(21)34(26,32-39-41-42-40-32)19-33(11-3-4-12-33)38-18-29(44)43-25(17-35)15-24-16-28(24)43/h7-10,13-14,24-25,28,38H,3-6,11-12,15-16,18-19H2,1-2H3,(H,36,45)(H,37,46)(H,39,40,41,42)/t24-,25?,28+/m1/s1. The summed E-state index contributed by atoms with van der Waals surface area (Å²) in [7, 11) is 3.24. The number of likely N-dealkylation sites (tertiary alicyclic amines) is 1. The van der Waals surface area contributed by atoms with Crippen LogP contribution in [-0.2, 0) is 23.1 Å². The predicted molar refractivity (Wildman–Crippen MR) is 168 cm³/mol. The first-order chi connectivity index (χ1) is 22.3. The van der Waals surface area contributed by atoms with Gasteiger partial charge in [0.2, 0.25) is 5.91 Å². The zero-order valence-electron chi connectivity index (χ0n) is 26.2. The monoisotopic (exact) mass is 621 g/mol. The molecule has 3 atom stereocenters. The quantitative estimate of drug-likeness (QED) is 0.297. The van der Waals surface area contributed by atoms with Crippen molar-refractivity contribution in [1.29, 1.82) is 5.26 Å². The van der Waals surface area contributed by atoms with Gasteiger partial charge in [-0.05, 0) is 108 Å². The molecule has 12 nitrogen and oxygen atoms in total. The van der Waals surface area contributed by atoms with Crippen LogP contribution in [-0.4, -0.2) is 81.5 Å². The van der Waals surface area contributed by atoms with E-state index in [1.54, 1.807) is 14.1 Å². The molecule has 0 spiro atoms. The van der Waals surface area contributed by atoms with E-state index in [0.29, 0.717) is 42.1 Å². The molecule has 1 aromatic heterocycles. The normalized spacial score (nSPS) is 23.3. The highest BCUT2D eigenvalue weighted by Crippen LogP contribution is 2.52. The fraction of sp³-hybridized carbons (Fsp3) is 0.500. The smallest absolute Gasteiger partial charge is 0.251 e. The Morgan fingerprint density at radius 1 is 0.978 bits per heavy atom. The lowest BCUT2D eigenvalue weighted by atomic mass is 9.64. The minimum Gasteiger partial charge on any atom is -0.355 e. The number of nitriles is 1. The first-order valence-electron chi connectivity index (χ1n) is 16.2. The molecule has 2 heterocycles. The van der Waals surface area contributed by atoms with E-state index in [1.165, 1.54) is 0 Å².